The monoisotopic (exact) mass is 316 g/mol. The number of halogens is 1. The third-order valence-corrected chi connectivity index (χ3v) is 6.61. The van der Waals surface area contributed by atoms with Crippen LogP contribution in [0, 0.1) is 23.7 Å². The number of fused-ring (bicyclic) bond motifs is 2. The number of ether oxygens (including phenoxy) is 2. The minimum Gasteiger partial charge on any atom is -0.432 e. The molecule has 0 aromatic heterocycles. The van der Waals surface area contributed by atoms with Crippen LogP contribution in [0.5, 0.6) is 0 Å². The van der Waals surface area contributed by atoms with Gasteiger partial charge in [0, 0.05) is 23.6 Å². The lowest BCUT2D eigenvalue weighted by atomic mass is 9.58. The summed E-state index contributed by atoms with van der Waals surface area (Å²) in [7, 11) is 0. The summed E-state index contributed by atoms with van der Waals surface area (Å²) in [5, 5.41) is 0.0354. The Balaban J connectivity index is 1.85. The molecule has 5 rings (SSSR count). The summed E-state index contributed by atoms with van der Waals surface area (Å²) in [5.74, 6) is -0.930. The molecule has 4 saturated heterocycles. The first-order valence-electron chi connectivity index (χ1n) is 7.76. The zero-order chi connectivity index (χ0) is 15.0. The predicted molar refractivity (Wildman–Crippen MR) is 73.1 cm³/mol. The van der Waals surface area contributed by atoms with Gasteiger partial charge in [-0.1, -0.05) is 13.8 Å². The Morgan fingerprint density at radius 3 is 2.76 bits per heavy atom. The van der Waals surface area contributed by atoms with Gasteiger partial charge >= 0.3 is 5.97 Å². The van der Waals surface area contributed by atoms with E-state index in [9.17, 15) is 4.79 Å². The van der Waals surface area contributed by atoms with Crippen molar-refractivity contribution in [1.82, 2.24) is 0 Å². The molecule has 4 aliphatic heterocycles. The summed E-state index contributed by atoms with van der Waals surface area (Å²) in [5.41, 5.74) is -0.714. The fraction of sp³-hybridized carbons (Fsp3) is 0.933. The van der Waals surface area contributed by atoms with Gasteiger partial charge in [-0.25, -0.2) is 9.78 Å². The van der Waals surface area contributed by atoms with Gasteiger partial charge in [0.05, 0.1) is 5.92 Å². The Morgan fingerprint density at radius 2 is 2.00 bits per heavy atom. The van der Waals surface area contributed by atoms with Crippen LogP contribution >= 0.6 is 11.6 Å². The molecule has 2 bridgehead atoms. The van der Waals surface area contributed by atoms with Crippen LogP contribution in [-0.4, -0.2) is 29.0 Å². The van der Waals surface area contributed by atoms with E-state index >= 15 is 0 Å². The average Bonchev–Trinajstić information content (AvgIpc) is 2.66. The summed E-state index contributed by atoms with van der Waals surface area (Å²) in [4.78, 5) is 23.7. The number of hydrogen-bond acceptors (Lipinski definition) is 5. The Bertz CT molecular complexity index is 481. The van der Waals surface area contributed by atoms with Gasteiger partial charge in [0.25, 0.3) is 0 Å². The van der Waals surface area contributed by atoms with Crippen LogP contribution in [0.25, 0.3) is 0 Å². The molecule has 8 atom stereocenters. The third-order valence-electron chi connectivity index (χ3n) is 6.04. The first-order valence-corrected chi connectivity index (χ1v) is 8.20. The van der Waals surface area contributed by atoms with Gasteiger partial charge < -0.3 is 9.47 Å². The van der Waals surface area contributed by atoms with Crippen molar-refractivity contribution in [2.75, 3.05) is 0 Å². The van der Waals surface area contributed by atoms with Gasteiger partial charge in [-0.3, -0.25) is 4.79 Å². The van der Waals surface area contributed by atoms with Crippen molar-refractivity contribution < 1.29 is 24.0 Å². The first kappa shape index (κ1) is 14.2. The second-order valence-corrected chi connectivity index (χ2v) is 7.75. The van der Waals surface area contributed by atoms with E-state index in [1.807, 2.05) is 13.8 Å². The number of alkyl halides is 1. The van der Waals surface area contributed by atoms with Crippen LogP contribution in [0.4, 0.5) is 0 Å². The van der Waals surface area contributed by atoms with Crippen LogP contribution in [0.3, 0.4) is 0 Å². The van der Waals surface area contributed by atoms with Crippen LogP contribution < -0.4 is 0 Å². The number of carbonyl (C=O) groups excluding carboxylic acids is 1. The highest BCUT2D eigenvalue weighted by molar-refractivity contribution is 6.20. The fourth-order valence-corrected chi connectivity index (χ4v) is 5.05. The van der Waals surface area contributed by atoms with E-state index in [-0.39, 0.29) is 35.0 Å². The SMILES string of the molecule is C[C@@H]1C(Cl)C[C@H]2[C@@H](C)C(=O)O[C@@H]3O[C@@]4(C)CC[C@@H]1[C@]32OO4. The van der Waals surface area contributed by atoms with Gasteiger partial charge in [0.1, 0.15) is 0 Å². The first-order chi connectivity index (χ1) is 9.87. The number of rotatable bonds is 0. The van der Waals surface area contributed by atoms with Crippen molar-refractivity contribution in [3.8, 4) is 0 Å². The van der Waals surface area contributed by atoms with Crippen LogP contribution in [0.1, 0.15) is 40.0 Å². The average molecular weight is 317 g/mol. The molecule has 118 valence electrons. The Labute approximate surface area is 129 Å². The molecule has 0 radical (unpaired) electrons. The van der Waals surface area contributed by atoms with Crippen molar-refractivity contribution >= 4 is 17.6 Å². The van der Waals surface area contributed by atoms with Gasteiger partial charge in [-0.05, 0) is 25.7 Å². The maximum Gasteiger partial charge on any atom is 0.311 e. The molecule has 0 aromatic rings. The molecular weight excluding hydrogens is 296 g/mol. The minimum atomic E-state index is -0.847. The van der Waals surface area contributed by atoms with Crippen molar-refractivity contribution in [2.45, 2.75) is 63.1 Å². The molecule has 4 heterocycles. The smallest absolute Gasteiger partial charge is 0.311 e. The van der Waals surface area contributed by atoms with E-state index in [1.54, 1.807) is 0 Å². The maximum absolute atomic E-state index is 12.2. The van der Waals surface area contributed by atoms with Crippen LogP contribution in [-0.2, 0) is 24.0 Å². The summed E-state index contributed by atoms with van der Waals surface area (Å²) in [6, 6.07) is 0. The molecule has 1 spiro atoms. The molecule has 5 nitrogen and oxygen atoms in total. The normalized spacial score (nSPS) is 59.1. The largest absolute Gasteiger partial charge is 0.432 e. The van der Waals surface area contributed by atoms with E-state index in [1.165, 1.54) is 0 Å². The summed E-state index contributed by atoms with van der Waals surface area (Å²) >= 11 is 6.58. The highest BCUT2D eigenvalue weighted by atomic mass is 35.5. The fourth-order valence-electron chi connectivity index (χ4n) is 4.69. The number of carbonyl (C=O) groups is 1. The lowest BCUT2D eigenvalue weighted by molar-refractivity contribution is -0.559. The van der Waals surface area contributed by atoms with Gasteiger partial charge in [0.15, 0.2) is 5.60 Å². The number of esters is 1. The second-order valence-electron chi connectivity index (χ2n) is 7.19. The van der Waals surface area contributed by atoms with Gasteiger partial charge in [0.2, 0.25) is 12.1 Å². The highest BCUT2D eigenvalue weighted by Gasteiger charge is 2.71. The van der Waals surface area contributed by atoms with Crippen molar-refractivity contribution in [3.63, 3.8) is 0 Å². The van der Waals surface area contributed by atoms with Crippen molar-refractivity contribution in [3.05, 3.63) is 0 Å². The van der Waals surface area contributed by atoms with Crippen LogP contribution in [0.2, 0.25) is 0 Å². The molecule has 5 fully saturated rings. The third kappa shape index (κ3) is 1.72. The van der Waals surface area contributed by atoms with Crippen LogP contribution in [0.15, 0.2) is 0 Å². The standard InChI is InChI=1S/C15H21ClO5/c1-7-9-4-5-14(3)19-13-15(9,21-20-14)10(6-11(7)16)8(2)12(17)18-13/h7-11,13H,4-6H2,1-3H3/t7-,8+,9-,10-,11?,13+,14+,15+/m0/s1. The summed E-state index contributed by atoms with van der Waals surface area (Å²) < 4.78 is 11.6. The van der Waals surface area contributed by atoms with E-state index < -0.39 is 17.7 Å². The maximum atomic E-state index is 12.2. The van der Waals surface area contributed by atoms with Crippen molar-refractivity contribution in [1.29, 1.82) is 0 Å². The summed E-state index contributed by atoms with van der Waals surface area (Å²) in [6.45, 7) is 5.87. The molecule has 6 heteroatoms. The highest BCUT2D eigenvalue weighted by Crippen LogP contribution is 2.60. The molecule has 5 aliphatic rings. The Hall–Kier alpha value is -0.360. The summed E-state index contributed by atoms with van der Waals surface area (Å²) in [6.07, 6.45) is 1.64. The molecule has 1 unspecified atom stereocenters. The molecular formula is C15H21ClO5. The Morgan fingerprint density at radius 1 is 1.24 bits per heavy atom. The molecule has 0 aromatic carbocycles. The lowest BCUT2D eigenvalue weighted by Crippen LogP contribution is -2.70. The molecule has 0 N–H and O–H groups in total. The quantitative estimate of drug-likeness (QED) is 0.390. The number of hydrogen-bond donors (Lipinski definition) is 0. The zero-order valence-corrected chi connectivity index (χ0v) is 13.3. The van der Waals surface area contributed by atoms with Crippen molar-refractivity contribution in [2.24, 2.45) is 23.7 Å². The molecule has 1 saturated carbocycles. The molecule has 1 aliphatic carbocycles. The Kier molecular flexibility index (Phi) is 2.95. The van der Waals surface area contributed by atoms with Gasteiger partial charge in [-0.15, -0.1) is 11.6 Å². The second kappa shape index (κ2) is 4.34. The van der Waals surface area contributed by atoms with E-state index in [0.717, 1.165) is 12.8 Å². The lowest BCUT2D eigenvalue weighted by Gasteiger charge is -2.58. The zero-order valence-electron chi connectivity index (χ0n) is 12.5. The van der Waals surface area contributed by atoms with E-state index in [0.29, 0.717) is 6.42 Å². The predicted octanol–water partition coefficient (Wildman–Crippen LogP) is 2.61. The minimum absolute atomic E-state index is 0.0323. The van der Waals surface area contributed by atoms with E-state index in [2.05, 4.69) is 6.92 Å². The molecule has 21 heavy (non-hydrogen) atoms. The van der Waals surface area contributed by atoms with E-state index in [4.69, 9.17) is 30.8 Å². The topological polar surface area (TPSA) is 54.0 Å². The van der Waals surface area contributed by atoms with Gasteiger partial charge in [-0.2, -0.15) is 0 Å². The molecule has 0 amide bonds.